The smallest absolute Gasteiger partial charge is 0.258 e. The maximum atomic E-state index is 13.5. The van der Waals surface area contributed by atoms with Gasteiger partial charge >= 0.3 is 0 Å². The topological polar surface area (TPSA) is 32.3 Å². The summed E-state index contributed by atoms with van der Waals surface area (Å²) in [7, 11) is 0. The molecule has 3 nitrogen and oxygen atoms in total. The fourth-order valence-corrected chi connectivity index (χ4v) is 2.57. The highest BCUT2D eigenvalue weighted by atomic mass is 19.2. The van der Waals surface area contributed by atoms with E-state index in [1.54, 1.807) is 24.3 Å². The van der Waals surface area contributed by atoms with Crippen LogP contribution in [0.5, 0.6) is 0 Å². The Labute approximate surface area is 126 Å². The van der Waals surface area contributed by atoms with Gasteiger partial charge < -0.3 is 10.2 Å². The zero-order chi connectivity index (χ0) is 15.7. The van der Waals surface area contributed by atoms with Crippen LogP contribution in [-0.2, 0) is 0 Å². The third-order valence-electron chi connectivity index (χ3n) is 3.61. The summed E-state index contributed by atoms with van der Waals surface area (Å²) in [6.45, 7) is 3.94. The van der Waals surface area contributed by atoms with Crippen LogP contribution in [0, 0.1) is 11.6 Å². The minimum atomic E-state index is -0.941. The van der Waals surface area contributed by atoms with Gasteiger partial charge in [-0.15, -0.1) is 6.58 Å². The quantitative estimate of drug-likeness (QED) is 0.876. The van der Waals surface area contributed by atoms with Crippen LogP contribution in [0.25, 0.3) is 0 Å². The molecule has 0 saturated carbocycles. The van der Waals surface area contributed by atoms with Crippen LogP contribution in [0.2, 0.25) is 0 Å². The molecule has 5 heteroatoms. The maximum absolute atomic E-state index is 13.5. The van der Waals surface area contributed by atoms with E-state index in [9.17, 15) is 13.6 Å². The zero-order valence-corrected chi connectivity index (χ0v) is 11.7. The number of hydrogen-bond donors (Lipinski definition) is 1. The normalized spacial score (nSPS) is 16.9. The third-order valence-corrected chi connectivity index (χ3v) is 3.61. The van der Waals surface area contributed by atoms with Gasteiger partial charge in [-0.05, 0) is 29.8 Å². The van der Waals surface area contributed by atoms with Crippen LogP contribution < -0.4 is 5.32 Å². The number of nitrogens with zero attached hydrogens (tertiary/aromatic N) is 1. The number of amides is 1. The molecule has 0 saturated heterocycles. The van der Waals surface area contributed by atoms with E-state index < -0.39 is 17.8 Å². The lowest BCUT2D eigenvalue weighted by molar-refractivity contribution is 0.0707. The summed E-state index contributed by atoms with van der Waals surface area (Å²) in [5.74, 6) is -2.03. The number of carbonyl (C=O) groups excluding carboxylic acids is 1. The van der Waals surface area contributed by atoms with Crippen molar-refractivity contribution in [3.63, 3.8) is 0 Å². The Morgan fingerprint density at radius 3 is 2.68 bits per heavy atom. The number of halogens is 2. The van der Waals surface area contributed by atoms with Crippen molar-refractivity contribution in [3.05, 3.63) is 77.9 Å². The van der Waals surface area contributed by atoms with E-state index >= 15 is 0 Å². The minimum Gasteiger partial charge on any atom is -0.361 e. The molecule has 1 amide bonds. The predicted octanol–water partition coefficient (Wildman–Crippen LogP) is 3.72. The van der Waals surface area contributed by atoms with Crippen molar-refractivity contribution in [2.75, 3.05) is 11.9 Å². The Morgan fingerprint density at radius 1 is 1.18 bits per heavy atom. The second-order valence-electron chi connectivity index (χ2n) is 5.01. The molecule has 2 aromatic carbocycles. The number of rotatable bonds is 3. The summed E-state index contributed by atoms with van der Waals surface area (Å²) in [6.07, 6.45) is 1.02. The van der Waals surface area contributed by atoms with Crippen molar-refractivity contribution in [1.29, 1.82) is 0 Å². The van der Waals surface area contributed by atoms with E-state index in [4.69, 9.17) is 0 Å². The predicted molar refractivity (Wildman–Crippen MR) is 80.4 cm³/mol. The molecule has 1 N–H and O–H groups in total. The van der Waals surface area contributed by atoms with Gasteiger partial charge in [-0.3, -0.25) is 4.79 Å². The third kappa shape index (κ3) is 2.35. The zero-order valence-electron chi connectivity index (χ0n) is 11.7. The van der Waals surface area contributed by atoms with Crippen molar-refractivity contribution >= 4 is 11.6 Å². The number of benzene rings is 2. The molecular weight excluding hydrogens is 286 g/mol. The molecule has 0 aromatic heterocycles. The average Bonchev–Trinajstić information content (AvgIpc) is 2.53. The van der Waals surface area contributed by atoms with Crippen molar-refractivity contribution in [2.24, 2.45) is 0 Å². The molecule has 1 unspecified atom stereocenters. The number of anilines is 1. The molecule has 0 fully saturated rings. The van der Waals surface area contributed by atoms with Gasteiger partial charge in [-0.1, -0.05) is 24.3 Å². The largest absolute Gasteiger partial charge is 0.361 e. The molecule has 1 heterocycles. The summed E-state index contributed by atoms with van der Waals surface area (Å²) in [6, 6.07) is 10.7. The van der Waals surface area contributed by atoms with Crippen LogP contribution in [0.3, 0.4) is 0 Å². The van der Waals surface area contributed by atoms with Gasteiger partial charge in [0.05, 0.1) is 5.56 Å². The maximum Gasteiger partial charge on any atom is 0.258 e. The second kappa shape index (κ2) is 5.60. The molecule has 3 rings (SSSR count). The summed E-state index contributed by atoms with van der Waals surface area (Å²) in [4.78, 5) is 14.1. The highest BCUT2D eigenvalue weighted by molar-refractivity contribution is 6.01. The van der Waals surface area contributed by atoms with Crippen molar-refractivity contribution in [3.8, 4) is 0 Å². The monoisotopic (exact) mass is 300 g/mol. The van der Waals surface area contributed by atoms with E-state index in [-0.39, 0.29) is 5.91 Å². The first kappa shape index (κ1) is 14.3. The lowest BCUT2D eigenvalue weighted by Crippen LogP contribution is -2.43. The lowest BCUT2D eigenvalue weighted by Gasteiger charge is -2.37. The van der Waals surface area contributed by atoms with Gasteiger partial charge in [-0.2, -0.15) is 0 Å². The van der Waals surface area contributed by atoms with Crippen molar-refractivity contribution in [1.82, 2.24) is 4.90 Å². The molecule has 1 atom stereocenters. The molecule has 0 spiro atoms. The Balaban J connectivity index is 2.07. The Morgan fingerprint density at radius 2 is 1.95 bits per heavy atom. The minimum absolute atomic E-state index is 0.177. The van der Waals surface area contributed by atoms with Gasteiger partial charge in [0.15, 0.2) is 11.6 Å². The van der Waals surface area contributed by atoms with Gasteiger partial charge in [0, 0.05) is 12.2 Å². The fourth-order valence-electron chi connectivity index (χ4n) is 2.57. The fraction of sp³-hybridized carbons (Fsp3) is 0.118. The van der Waals surface area contributed by atoms with Crippen LogP contribution in [0.1, 0.15) is 22.1 Å². The number of para-hydroxylation sites is 1. The summed E-state index contributed by atoms with van der Waals surface area (Å²) in [5, 5.41) is 3.19. The summed E-state index contributed by atoms with van der Waals surface area (Å²) in [5.41, 5.74) is 1.69. The molecule has 0 aliphatic carbocycles. The molecule has 2 aromatic rings. The second-order valence-corrected chi connectivity index (χ2v) is 5.01. The Kier molecular flexibility index (Phi) is 3.63. The van der Waals surface area contributed by atoms with Crippen LogP contribution in [-0.4, -0.2) is 17.4 Å². The number of hydrogen-bond acceptors (Lipinski definition) is 2. The highest BCUT2D eigenvalue weighted by Crippen LogP contribution is 2.33. The first-order valence-electron chi connectivity index (χ1n) is 6.84. The van der Waals surface area contributed by atoms with Gasteiger partial charge in [-0.25, -0.2) is 8.78 Å². The standard InChI is InChI=1S/C17H14F2N2O/c1-2-9-21-16(11-7-8-13(18)14(19)10-11)20-15-6-4-3-5-12(15)17(21)22/h2-8,10,16,20H,1,9H2. The van der Waals surface area contributed by atoms with E-state index in [2.05, 4.69) is 11.9 Å². The molecule has 22 heavy (non-hydrogen) atoms. The van der Waals surface area contributed by atoms with Gasteiger partial charge in [0.1, 0.15) is 6.17 Å². The van der Waals surface area contributed by atoms with Gasteiger partial charge in [0.25, 0.3) is 5.91 Å². The van der Waals surface area contributed by atoms with Gasteiger partial charge in [0.2, 0.25) is 0 Å². The number of nitrogens with one attached hydrogen (secondary N) is 1. The number of carbonyl (C=O) groups is 1. The highest BCUT2D eigenvalue weighted by Gasteiger charge is 2.32. The first-order valence-corrected chi connectivity index (χ1v) is 6.84. The van der Waals surface area contributed by atoms with E-state index in [1.807, 2.05) is 6.07 Å². The van der Waals surface area contributed by atoms with Crippen molar-refractivity contribution < 1.29 is 13.6 Å². The molecule has 0 bridgehead atoms. The van der Waals surface area contributed by atoms with E-state index in [1.165, 1.54) is 11.0 Å². The summed E-state index contributed by atoms with van der Waals surface area (Å²) >= 11 is 0. The van der Waals surface area contributed by atoms with Crippen LogP contribution in [0.4, 0.5) is 14.5 Å². The Hall–Kier alpha value is -2.69. The SMILES string of the molecule is C=CCN1C(=O)c2ccccc2NC1c1ccc(F)c(F)c1. The van der Waals surface area contributed by atoms with Crippen molar-refractivity contribution in [2.45, 2.75) is 6.17 Å². The molecule has 1 aliphatic rings. The molecule has 0 radical (unpaired) electrons. The number of fused-ring (bicyclic) bond motifs is 1. The molecule has 1 aliphatic heterocycles. The average molecular weight is 300 g/mol. The summed E-state index contributed by atoms with van der Waals surface area (Å²) < 4.78 is 26.6. The first-order chi connectivity index (χ1) is 10.6. The van der Waals surface area contributed by atoms with Crippen LogP contribution >= 0.6 is 0 Å². The Bertz CT molecular complexity index is 745. The molecule has 112 valence electrons. The van der Waals surface area contributed by atoms with E-state index in [0.717, 1.165) is 12.1 Å². The molecular formula is C17H14F2N2O. The lowest BCUT2D eigenvalue weighted by atomic mass is 10.0. The van der Waals surface area contributed by atoms with E-state index in [0.29, 0.717) is 23.4 Å². The van der Waals surface area contributed by atoms with Crippen LogP contribution in [0.15, 0.2) is 55.1 Å².